The summed E-state index contributed by atoms with van der Waals surface area (Å²) in [6.07, 6.45) is 0.826. The fourth-order valence-corrected chi connectivity index (χ4v) is 0.530. The Morgan fingerprint density at radius 3 is 2.75 bits per heavy atom. The number of aliphatic hydroxyl groups excluding tert-OH is 1. The van der Waals surface area contributed by atoms with Gasteiger partial charge < -0.3 is 0 Å². The van der Waals surface area contributed by atoms with Crippen molar-refractivity contribution in [2.45, 2.75) is 12.8 Å². The molecule has 0 aromatic carbocycles. The van der Waals surface area contributed by atoms with Crippen LogP contribution >= 0.6 is 0 Å². The molecular weight excluding hydrogens is 224 g/mol. The number of carbonyl (C=O) groups excluding carboxylic acids is 1. The van der Waals surface area contributed by atoms with E-state index in [1.54, 1.807) is 0 Å². The Morgan fingerprint density at radius 2 is 2.38 bits per heavy atom. The first kappa shape index (κ1) is 8.22. The van der Waals surface area contributed by atoms with Crippen LogP contribution in [0, 0.1) is 0 Å². The van der Waals surface area contributed by atoms with Gasteiger partial charge >= 0.3 is 61.1 Å². The molecule has 0 atom stereocenters. The fraction of sp³-hybridized carbons (Fsp3) is 0.750. The summed E-state index contributed by atoms with van der Waals surface area (Å²) in [6.45, 7) is 0.0562. The summed E-state index contributed by atoms with van der Waals surface area (Å²) in [5.74, 6) is -0.243. The van der Waals surface area contributed by atoms with Gasteiger partial charge in [-0.3, -0.25) is 0 Å². The molecule has 0 radical (unpaired) electrons. The summed E-state index contributed by atoms with van der Waals surface area (Å²) >= 11 is 1.02. The topological polar surface area (TPSA) is 46.5 Å². The molecule has 0 aliphatic heterocycles. The van der Waals surface area contributed by atoms with Crippen LogP contribution in [-0.4, -0.2) is 40.4 Å². The monoisotopic (exact) mass is 234 g/mol. The molecule has 0 saturated heterocycles. The molecular formula is C4H8O3Te. The number of carbonyl (C=O) groups is 1. The van der Waals surface area contributed by atoms with Crippen LogP contribution in [0.25, 0.3) is 0 Å². The van der Waals surface area contributed by atoms with Gasteiger partial charge in [0.2, 0.25) is 0 Å². The summed E-state index contributed by atoms with van der Waals surface area (Å²) in [6, 6.07) is 0. The predicted octanol–water partition coefficient (Wildman–Crippen LogP) is -0.882. The maximum absolute atomic E-state index is 10.2. The van der Waals surface area contributed by atoms with Crippen molar-refractivity contribution < 1.29 is 13.0 Å². The van der Waals surface area contributed by atoms with Crippen LogP contribution in [0.15, 0.2) is 0 Å². The van der Waals surface area contributed by atoms with Crippen molar-refractivity contribution in [2.75, 3.05) is 6.61 Å². The summed E-state index contributed by atoms with van der Waals surface area (Å²) in [5.41, 5.74) is 0. The first-order chi connectivity index (χ1) is 3.81. The summed E-state index contributed by atoms with van der Waals surface area (Å²) in [7, 11) is 0. The molecule has 0 bridgehead atoms. The van der Waals surface area contributed by atoms with Crippen LogP contribution in [0.2, 0.25) is 0 Å². The van der Waals surface area contributed by atoms with Gasteiger partial charge in [-0.1, -0.05) is 0 Å². The van der Waals surface area contributed by atoms with Gasteiger partial charge in [-0.15, -0.1) is 0 Å². The van der Waals surface area contributed by atoms with Crippen LogP contribution in [-0.2, 0) is 7.90 Å². The number of hydrogen-bond acceptors (Lipinski definition) is 3. The van der Waals surface area contributed by atoms with Crippen LogP contribution in [0.1, 0.15) is 12.8 Å². The van der Waals surface area contributed by atoms with Crippen molar-refractivity contribution in [3.8, 4) is 0 Å². The van der Waals surface area contributed by atoms with E-state index in [0.717, 1.165) is 22.7 Å². The first-order valence-electron chi connectivity index (χ1n) is 2.26. The van der Waals surface area contributed by atoms with Gasteiger partial charge in [-0.05, 0) is 0 Å². The summed E-state index contributed by atoms with van der Waals surface area (Å²) in [5, 5.41) is 8.21. The third kappa shape index (κ3) is 4.38. The average Bonchev–Trinajstić information content (AvgIpc) is 1.83. The van der Waals surface area contributed by atoms with Crippen LogP contribution in [0.3, 0.4) is 0 Å². The van der Waals surface area contributed by atoms with Gasteiger partial charge in [0.25, 0.3) is 0 Å². The van der Waals surface area contributed by atoms with Gasteiger partial charge in [0.15, 0.2) is 0 Å². The molecule has 0 spiro atoms. The normalized spacial score (nSPS) is 8.75. The molecule has 0 amide bonds. The zero-order chi connectivity index (χ0) is 6.41. The van der Waals surface area contributed by atoms with E-state index in [1.165, 1.54) is 0 Å². The fourth-order valence-electron chi connectivity index (χ4n) is 0.269. The predicted molar refractivity (Wildman–Crippen MR) is 29.6 cm³/mol. The van der Waals surface area contributed by atoms with Gasteiger partial charge in [0, 0.05) is 0 Å². The van der Waals surface area contributed by atoms with E-state index in [4.69, 9.17) is 5.11 Å². The molecule has 48 valence electrons. The first-order valence-corrected chi connectivity index (χ1v) is 3.30. The van der Waals surface area contributed by atoms with E-state index in [-0.39, 0.29) is 12.6 Å². The van der Waals surface area contributed by atoms with Gasteiger partial charge in [-0.25, -0.2) is 0 Å². The molecule has 0 fully saturated rings. The maximum atomic E-state index is 10.2. The van der Waals surface area contributed by atoms with Crippen molar-refractivity contribution in [3.63, 3.8) is 0 Å². The second-order valence-electron chi connectivity index (χ2n) is 1.29. The Bertz CT molecular complexity index is 73.7. The molecule has 0 aromatic heterocycles. The zero-order valence-corrected chi connectivity index (χ0v) is 6.89. The Morgan fingerprint density at radius 1 is 1.75 bits per heavy atom. The Kier molecular flexibility index (Phi) is 5.51. The second kappa shape index (κ2) is 5.36. The van der Waals surface area contributed by atoms with Crippen molar-refractivity contribution in [1.29, 1.82) is 0 Å². The quantitative estimate of drug-likeness (QED) is 0.642. The van der Waals surface area contributed by atoms with Crippen LogP contribution in [0.4, 0.5) is 0 Å². The molecule has 1 N–H and O–H groups in total. The standard InChI is InChI=1S/C4H8O3Te/c5-3-1-2-4(6)7-8/h5,8H,1-3H2. The summed E-state index contributed by atoms with van der Waals surface area (Å²) in [4.78, 5) is 10.2. The van der Waals surface area contributed by atoms with Crippen LogP contribution in [0.5, 0.6) is 0 Å². The van der Waals surface area contributed by atoms with Gasteiger partial charge in [0.1, 0.15) is 0 Å². The number of hydrogen-bond donors (Lipinski definition) is 1. The van der Waals surface area contributed by atoms with Gasteiger partial charge in [0.05, 0.1) is 0 Å². The molecule has 3 nitrogen and oxygen atoms in total. The van der Waals surface area contributed by atoms with Gasteiger partial charge in [-0.2, -0.15) is 0 Å². The second-order valence-corrected chi connectivity index (χ2v) is 1.81. The Balaban J connectivity index is 2.99. The van der Waals surface area contributed by atoms with E-state index in [9.17, 15) is 4.79 Å². The molecule has 0 aliphatic rings. The van der Waals surface area contributed by atoms with E-state index in [0.29, 0.717) is 12.8 Å². The molecule has 0 heterocycles. The molecule has 0 aromatic rings. The summed E-state index contributed by atoms with van der Waals surface area (Å²) < 4.78 is 4.35. The van der Waals surface area contributed by atoms with Crippen molar-refractivity contribution in [2.24, 2.45) is 0 Å². The SMILES string of the molecule is O=C(CCCO)O[TeH]. The zero-order valence-electron chi connectivity index (χ0n) is 4.33. The third-order valence-electron chi connectivity index (χ3n) is 0.641. The number of aliphatic hydroxyl groups is 1. The number of rotatable bonds is 3. The molecule has 0 unspecified atom stereocenters. The van der Waals surface area contributed by atoms with E-state index in [1.807, 2.05) is 0 Å². The van der Waals surface area contributed by atoms with Crippen molar-refractivity contribution >= 4 is 28.7 Å². The van der Waals surface area contributed by atoms with Crippen LogP contribution < -0.4 is 0 Å². The average molecular weight is 232 g/mol. The van der Waals surface area contributed by atoms with Crippen molar-refractivity contribution in [1.82, 2.24) is 0 Å². The Hall–Kier alpha value is 0.220. The Labute approximate surface area is 61.5 Å². The minimum atomic E-state index is -0.243. The molecule has 0 saturated carbocycles. The molecule has 8 heavy (non-hydrogen) atoms. The minimum absolute atomic E-state index is 0.0562. The third-order valence-corrected chi connectivity index (χ3v) is 1.22. The van der Waals surface area contributed by atoms with E-state index >= 15 is 0 Å². The van der Waals surface area contributed by atoms with E-state index in [2.05, 4.69) is 3.10 Å². The molecule has 0 rings (SSSR count). The molecule has 4 heteroatoms. The molecule has 0 aliphatic carbocycles. The van der Waals surface area contributed by atoms with E-state index < -0.39 is 0 Å². The van der Waals surface area contributed by atoms with Crippen molar-refractivity contribution in [3.05, 3.63) is 0 Å².